The quantitative estimate of drug-likeness (QED) is 0.841. The number of pyridine rings is 1. The molecule has 1 atom stereocenters. The van der Waals surface area contributed by atoms with Crippen molar-refractivity contribution in [3.05, 3.63) is 24.0 Å². The first-order valence-corrected chi connectivity index (χ1v) is 5.53. The lowest BCUT2D eigenvalue weighted by Crippen LogP contribution is -2.41. The SMILES string of the molecule is Cc1cnccc1N(C1CC1)C(C)C(=O)O. The van der Waals surface area contributed by atoms with Crippen molar-refractivity contribution in [2.75, 3.05) is 4.90 Å². The number of carbonyl (C=O) groups is 1. The van der Waals surface area contributed by atoms with Crippen LogP contribution in [0.5, 0.6) is 0 Å². The maximum Gasteiger partial charge on any atom is 0.326 e. The second-order valence-electron chi connectivity index (χ2n) is 4.31. The lowest BCUT2D eigenvalue weighted by atomic mass is 10.2. The Balaban J connectivity index is 2.33. The molecule has 1 unspecified atom stereocenters. The molecular formula is C12H16N2O2. The standard InChI is InChI=1S/C12H16N2O2/c1-8-7-13-6-5-11(8)14(10-3-4-10)9(2)12(15)16/h5-7,9-10H,3-4H2,1-2H3,(H,15,16). The fourth-order valence-electron chi connectivity index (χ4n) is 1.95. The van der Waals surface area contributed by atoms with E-state index in [1.165, 1.54) is 0 Å². The maximum absolute atomic E-state index is 11.1. The Bertz CT molecular complexity index is 402. The predicted octanol–water partition coefficient (Wildman–Crippen LogP) is 1.83. The average Bonchev–Trinajstić information content (AvgIpc) is 3.05. The zero-order valence-electron chi connectivity index (χ0n) is 9.55. The number of nitrogens with zero attached hydrogens (tertiary/aromatic N) is 2. The number of carboxylic acids is 1. The molecule has 86 valence electrons. The summed E-state index contributed by atoms with van der Waals surface area (Å²) < 4.78 is 0. The molecule has 1 heterocycles. The van der Waals surface area contributed by atoms with E-state index in [2.05, 4.69) is 4.98 Å². The zero-order chi connectivity index (χ0) is 11.7. The highest BCUT2D eigenvalue weighted by atomic mass is 16.4. The summed E-state index contributed by atoms with van der Waals surface area (Å²) >= 11 is 0. The summed E-state index contributed by atoms with van der Waals surface area (Å²) in [4.78, 5) is 17.1. The number of hydrogen-bond donors (Lipinski definition) is 1. The number of rotatable bonds is 4. The summed E-state index contributed by atoms with van der Waals surface area (Å²) in [7, 11) is 0. The molecule has 0 saturated heterocycles. The third-order valence-corrected chi connectivity index (χ3v) is 2.98. The Morgan fingerprint density at radius 3 is 2.81 bits per heavy atom. The number of aryl methyl sites for hydroxylation is 1. The molecule has 16 heavy (non-hydrogen) atoms. The molecule has 0 aliphatic heterocycles. The highest BCUT2D eigenvalue weighted by Crippen LogP contribution is 2.34. The second kappa shape index (κ2) is 4.12. The molecule has 1 aromatic rings. The monoisotopic (exact) mass is 220 g/mol. The van der Waals surface area contributed by atoms with E-state index >= 15 is 0 Å². The first kappa shape index (κ1) is 10.9. The van der Waals surface area contributed by atoms with Crippen LogP contribution in [0.3, 0.4) is 0 Å². The van der Waals surface area contributed by atoms with Crippen LogP contribution in [0.4, 0.5) is 5.69 Å². The zero-order valence-corrected chi connectivity index (χ0v) is 9.55. The van der Waals surface area contributed by atoms with Crippen LogP contribution in [0.15, 0.2) is 18.5 Å². The molecule has 1 aliphatic carbocycles. The number of carboxylic acid groups (broad SMARTS) is 1. The van der Waals surface area contributed by atoms with Gasteiger partial charge in [0.1, 0.15) is 6.04 Å². The van der Waals surface area contributed by atoms with E-state index in [1.807, 2.05) is 17.9 Å². The lowest BCUT2D eigenvalue weighted by Gasteiger charge is -2.29. The fourth-order valence-corrected chi connectivity index (χ4v) is 1.95. The summed E-state index contributed by atoms with van der Waals surface area (Å²) in [5, 5.41) is 9.12. The minimum atomic E-state index is -0.775. The average molecular weight is 220 g/mol. The molecule has 4 heteroatoms. The van der Waals surface area contributed by atoms with Crippen LogP contribution in [0.2, 0.25) is 0 Å². The Morgan fingerprint density at radius 1 is 1.62 bits per heavy atom. The Kier molecular flexibility index (Phi) is 2.81. The van der Waals surface area contributed by atoms with Gasteiger partial charge >= 0.3 is 5.97 Å². The summed E-state index contributed by atoms with van der Waals surface area (Å²) in [6.07, 6.45) is 5.66. The van der Waals surface area contributed by atoms with Crippen LogP contribution in [0, 0.1) is 6.92 Å². The first-order valence-electron chi connectivity index (χ1n) is 5.53. The van der Waals surface area contributed by atoms with Gasteiger partial charge in [-0.25, -0.2) is 4.79 Å². The van der Waals surface area contributed by atoms with Crippen molar-refractivity contribution in [2.45, 2.75) is 38.8 Å². The van der Waals surface area contributed by atoms with Gasteiger partial charge in [0.25, 0.3) is 0 Å². The van der Waals surface area contributed by atoms with E-state index in [-0.39, 0.29) is 0 Å². The van der Waals surface area contributed by atoms with Gasteiger partial charge in [-0.3, -0.25) is 4.98 Å². The molecule has 1 N–H and O–H groups in total. The first-order chi connectivity index (χ1) is 7.61. The van der Waals surface area contributed by atoms with Gasteiger partial charge in [0, 0.05) is 24.1 Å². The third-order valence-electron chi connectivity index (χ3n) is 2.98. The number of anilines is 1. The van der Waals surface area contributed by atoms with E-state index in [4.69, 9.17) is 5.11 Å². The van der Waals surface area contributed by atoms with Crippen molar-refractivity contribution < 1.29 is 9.90 Å². The van der Waals surface area contributed by atoms with Crippen LogP contribution in [-0.4, -0.2) is 28.1 Å². The molecule has 0 bridgehead atoms. The molecule has 1 aromatic heterocycles. The van der Waals surface area contributed by atoms with E-state index in [0.29, 0.717) is 6.04 Å². The summed E-state index contributed by atoms with van der Waals surface area (Å²) in [5.41, 5.74) is 2.02. The van der Waals surface area contributed by atoms with Crippen molar-refractivity contribution in [3.63, 3.8) is 0 Å². The van der Waals surface area contributed by atoms with Gasteiger partial charge in [-0.2, -0.15) is 0 Å². The maximum atomic E-state index is 11.1. The number of hydrogen-bond acceptors (Lipinski definition) is 3. The van der Waals surface area contributed by atoms with Crippen molar-refractivity contribution in [1.82, 2.24) is 4.98 Å². The predicted molar refractivity (Wildman–Crippen MR) is 61.6 cm³/mol. The Morgan fingerprint density at radius 2 is 2.31 bits per heavy atom. The summed E-state index contributed by atoms with van der Waals surface area (Å²) in [6, 6.07) is 1.80. The van der Waals surface area contributed by atoms with Gasteiger partial charge in [0.15, 0.2) is 0 Å². The van der Waals surface area contributed by atoms with E-state index in [9.17, 15) is 4.79 Å². The molecule has 2 rings (SSSR count). The fraction of sp³-hybridized carbons (Fsp3) is 0.500. The molecular weight excluding hydrogens is 204 g/mol. The van der Waals surface area contributed by atoms with Gasteiger partial charge in [-0.05, 0) is 38.3 Å². The van der Waals surface area contributed by atoms with Crippen LogP contribution in [0.1, 0.15) is 25.3 Å². The number of aromatic nitrogens is 1. The highest BCUT2D eigenvalue weighted by Gasteiger charge is 2.35. The largest absolute Gasteiger partial charge is 0.480 e. The topological polar surface area (TPSA) is 53.4 Å². The molecule has 1 saturated carbocycles. The molecule has 0 spiro atoms. The van der Waals surface area contributed by atoms with Crippen LogP contribution in [0.25, 0.3) is 0 Å². The van der Waals surface area contributed by atoms with Crippen LogP contribution >= 0.6 is 0 Å². The van der Waals surface area contributed by atoms with Crippen molar-refractivity contribution in [3.8, 4) is 0 Å². The minimum absolute atomic E-state index is 0.382. The second-order valence-corrected chi connectivity index (χ2v) is 4.31. The normalized spacial score (nSPS) is 16.9. The lowest BCUT2D eigenvalue weighted by molar-refractivity contribution is -0.138. The van der Waals surface area contributed by atoms with Gasteiger partial charge < -0.3 is 10.0 Å². The van der Waals surface area contributed by atoms with E-state index < -0.39 is 12.0 Å². The highest BCUT2D eigenvalue weighted by molar-refractivity contribution is 5.78. The summed E-state index contributed by atoms with van der Waals surface area (Å²) in [5.74, 6) is -0.775. The van der Waals surface area contributed by atoms with Crippen molar-refractivity contribution in [1.29, 1.82) is 0 Å². The van der Waals surface area contributed by atoms with E-state index in [0.717, 1.165) is 24.1 Å². The Hall–Kier alpha value is -1.58. The van der Waals surface area contributed by atoms with Gasteiger partial charge in [0.05, 0.1) is 0 Å². The van der Waals surface area contributed by atoms with Crippen LogP contribution in [-0.2, 0) is 4.79 Å². The van der Waals surface area contributed by atoms with Crippen molar-refractivity contribution in [2.24, 2.45) is 0 Å². The third kappa shape index (κ3) is 2.01. The molecule has 4 nitrogen and oxygen atoms in total. The Labute approximate surface area is 94.9 Å². The van der Waals surface area contributed by atoms with E-state index in [1.54, 1.807) is 19.3 Å². The molecule has 1 fully saturated rings. The minimum Gasteiger partial charge on any atom is -0.480 e. The number of aliphatic carboxylic acids is 1. The van der Waals surface area contributed by atoms with Crippen molar-refractivity contribution >= 4 is 11.7 Å². The molecule has 0 amide bonds. The van der Waals surface area contributed by atoms with Gasteiger partial charge in [-0.15, -0.1) is 0 Å². The van der Waals surface area contributed by atoms with Crippen LogP contribution < -0.4 is 4.90 Å². The smallest absolute Gasteiger partial charge is 0.326 e. The van der Waals surface area contributed by atoms with Gasteiger partial charge in [0.2, 0.25) is 0 Å². The molecule has 0 aromatic carbocycles. The molecule has 1 aliphatic rings. The molecule has 0 radical (unpaired) electrons. The summed E-state index contributed by atoms with van der Waals surface area (Å²) in [6.45, 7) is 3.70. The van der Waals surface area contributed by atoms with Gasteiger partial charge in [-0.1, -0.05) is 0 Å².